The van der Waals surface area contributed by atoms with E-state index in [9.17, 15) is 0 Å². The highest BCUT2D eigenvalue weighted by atomic mass is 16.5. The zero-order valence-electron chi connectivity index (χ0n) is 12.9. The first-order chi connectivity index (χ1) is 9.85. The number of nitrogens with zero attached hydrogens (tertiary/aromatic N) is 1. The summed E-state index contributed by atoms with van der Waals surface area (Å²) in [6.07, 6.45) is 3.99. The molecule has 1 aromatic rings. The van der Waals surface area contributed by atoms with Crippen LogP contribution in [-0.4, -0.2) is 32.3 Å². The van der Waals surface area contributed by atoms with Gasteiger partial charge in [0.15, 0.2) is 0 Å². The SMILES string of the molecule is CCCNCc1ccccc1N1CCCC(OCC)C1. The first-order valence-corrected chi connectivity index (χ1v) is 8.00. The molecule has 0 aromatic heterocycles. The summed E-state index contributed by atoms with van der Waals surface area (Å²) < 4.78 is 5.82. The Bertz CT molecular complexity index is 392. The highest BCUT2D eigenvalue weighted by Gasteiger charge is 2.21. The van der Waals surface area contributed by atoms with Gasteiger partial charge < -0.3 is 15.0 Å². The highest BCUT2D eigenvalue weighted by Crippen LogP contribution is 2.25. The van der Waals surface area contributed by atoms with Gasteiger partial charge in [-0.15, -0.1) is 0 Å². The van der Waals surface area contributed by atoms with Gasteiger partial charge in [0.1, 0.15) is 0 Å². The molecule has 2 rings (SSSR count). The third-order valence-corrected chi connectivity index (χ3v) is 3.86. The Morgan fingerprint density at radius 3 is 2.95 bits per heavy atom. The van der Waals surface area contributed by atoms with Gasteiger partial charge in [0.05, 0.1) is 6.10 Å². The van der Waals surface area contributed by atoms with E-state index in [2.05, 4.69) is 48.3 Å². The summed E-state index contributed by atoms with van der Waals surface area (Å²) in [7, 11) is 0. The standard InChI is InChI=1S/C17H28N2O/c1-3-11-18-13-15-8-5-6-10-17(15)19-12-7-9-16(14-19)20-4-2/h5-6,8,10,16,18H,3-4,7,9,11-14H2,1-2H3. The van der Waals surface area contributed by atoms with Crippen LogP contribution in [0.5, 0.6) is 0 Å². The molecule has 112 valence electrons. The number of piperidine rings is 1. The predicted molar refractivity (Wildman–Crippen MR) is 85.3 cm³/mol. The van der Waals surface area contributed by atoms with Gasteiger partial charge in [-0.25, -0.2) is 0 Å². The number of para-hydroxylation sites is 1. The van der Waals surface area contributed by atoms with Gasteiger partial charge in [-0.2, -0.15) is 0 Å². The molecule has 0 radical (unpaired) electrons. The van der Waals surface area contributed by atoms with Gasteiger partial charge in [-0.1, -0.05) is 25.1 Å². The van der Waals surface area contributed by atoms with E-state index in [0.29, 0.717) is 6.10 Å². The summed E-state index contributed by atoms with van der Waals surface area (Å²) in [5.74, 6) is 0. The zero-order valence-corrected chi connectivity index (χ0v) is 12.9. The number of nitrogens with one attached hydrogen (secondary N) is 1. The molecular formula is C17H28N2O. The van der Waals surface area contributed by atoms with E-state index in [4.69, 9.17) is 4.74 Å². The van der Waals surface area contributed by atoms with E-state index in [1.54, 1.807) is 0 Å². The molecule has 0 aliphatic carbocycles. The van der Waals surface area contributed by atoms with Crippen LogP contribution >= 0.6 is 0 Å². The fourth-order valence-electron chi connectivity index (χ4n) is 2.90. The fraction of sp³-hybridized carbons (Fsp3) is 0.647. The van der Waals surface area contributed by atoms with E-state index in [0.717, 1.165) is 32.8 Å². The molecule has 0 bridgehead atoms. The average molecular weight is 276 g/mol. The van der Waals surface area contributed by atoms with Crippen molar-refractivity contribution in [1.82, 2.24) is 5.32 Å². The van der Waals surface area contributed by atoms with Crippen molar-refractivity contribution in [3.05, 3.63) is 29.8 Å². The molecule has 1 aliphatic rings. The molecule has 3 nitrogen and oxygen atoms in total. The van der Waals surface area contributed by atoms with Crippen molar-refractivity contribution < 1.29 is 4.74 Å². The normalized spacial score (nSPS) is 19.3. The molecule has 1 aromatic carbocycles. The lowest BCUT2D eigenvalue weighted by molar-refractivity contribution is 0.0526. The lowest BCUT2D eigenvalue weighted by Gasteiger charge is -2.35. The maximum absolute atomic E-state index is 5.82. The van der Waals surface area contributed by atoms with Gasteiger partial charge >= 0.3 is 0 Å². The molecule has 0 spiro atoms. The molecule has 0 saturated carbocycles. The van der Waals surface area contributed by atoms with Crippen LogP contribution in [0.4, 0.5) is 5.69 Å². The Labute approximate surface area is 123 Å². The third-order valence-electron chi connectivity index (χ3n) is 3.86. The zero-order chi connectivity index (χ0) is 14.2. The molecule has 20 heavy (non-hydrogen) atoms. The predicted octanol–water partition coefficient (Wildman–Crippen LogP) is 3.19. The molecule has 1 heterocycles. The highest BCUT2D eigenvalue weighted by molar-refractivity contribution is 5.54. The van der Waals surface area contributed by atoms with Crippen LogP contribution in [0.25, 0.3) is 0 Å². The van der Waals surface area contributed by atoms with Crippen LogP contribution in [-0.2, 0) is 11.3 Å². The van der Waals surface area contributed by atoms with Gasteiger partial charge in [-0.3, -0.25) is 0 Å². The summed E-state index contributed by atoms with van der Waals surface area (Å²) in [5.41, 5.74) is 2.78. The van der Waals surface area contributed by atoms with Crippen molar-refractivity contribution in [3.8, 4) is 0 Å². The Morgan fingerprint density at radius 1 is 1.30 bits per heavy atom. The number of hydrogen-bond donors (Lipinski definition) is 1. The Morgan fingerprint density at radius 2 is 2.15 bits per heavy atom. The minimum atomic E-state index is 0.394. The summed E-state index contributed by atoms with van der Waals surface area (Å²) in [4.78, 5) is 2.49. The van der Waals surface area contributed by atoms with E-state index >= 15 is 0 Å². The second kappa shape index (κ2) is 8.28. The number of rotatable bonds is 7. The lowest BCUT2D eigenvalue weighted by Crippen LogP contribution is -2.40. The maximum atomic E-state index is 5.82. The Balaban J connectivity index is 2.03. The smallest absolute Gasteiger partial charge is 0.0750 e. The van der Waals surface area contributed by atoms with Crippen molar-refractivity contribution in [3.63, 3.8) is 0 Å². The summed E-state index contributed by atoms with van der Waals surface area (Å²) >= 11 is 0. The van der Waals surface area contributed by atoms with Crippen LogP contribution in [0.15, 0.2) is 24.3 Å². The molecule has 1 N–H and O–H groups in total. The van der Waals surface area contributed by atoms with E-state index < -0.39 is 0 Å². The van der Waals surface area contributed by atoms with Crippen molar-refractivity contribution in [2.24, 2.45) is 0 Å². The lowest BCUT2D eigenvalue weighted by atomic mass is 10.0. The van der Waals surface area contributed by atoms with E-state index in [1.807, 2.05) is 0 Å². The van der Waals surface area contributed by atoms with Gasteiger partial charge in [0.25, 0.3) is 0 Å². The molecule has 3 heteroatoms. The number of hydrogen-bond acceptors (Lipinski definition) is 3. The van der Waals surface area contributed by atoms with E-state index in [-0.39, 0.29) is 0 Å². The average Bonchev–Trinajstić information content (AvgIpc) is 2.49. The molecular weight excluding hydrogens is 248 g/mol. The second-order valence-electron chi connectivity index (χ2n) is 5.47. The molecule has 1 saturated heterocycles. The first-order valence-electron chi connectivity index (χ1n) is 8.00. The summed E-state index contributed by atoms with van der Waals surface area (Å²) in [5, 5.41) is 3.51. The Hall–Kier alpha value is -1.06. The first kappa shape index (κ1) is 15.3. The van der Waals surface area contributed by atoms with Crippen LogP contribution in [0.2, 0.25) is 0 Å². The fourth-order valence-corrected chi connectivity index (χ4v) is 2.90. The third kappa shape index (κ3) is 4.22. The molecule has 0 amide bonds. The monoisotopic (exact) mass is 276 g/mol. The summed E-state index contributed by atoms with van der Waals surface area (Å²) in [6, 6.07) is 8.76. The Kier molecular flexibility index (Phi) is 6.34. The van der Waals surface area contributed by atoms with Crippen LogP contribution in [0, 0.1) is 0 Å². The molecule has 1 aliphatic heterocycles. The number of ether oxygens (including phenoxy) is 1. The van der Waals surface area contributed by atoms with Gasteiger partial charge in [0, 0.05) is 31.9 Å². The van der Waals surface area contributed by atoms with E-state index in [1.165, 1.54) is 30.5 Å². The maximum Gasteiger partial charge on any atom is 0.0750 e. The minimum absolute atomic E-state index is 0.394. The van der Waals surface area contributed by atoms with Crippen LogP contribution < -0.4 is 10.2 Å². The van der Waals surface area contributed by atoms with Crippen LogP contribution in [0.1, 0.15) is 38.7 Å². The molecule has 1 fully saturated rings. The molecule has 1 unspecified atom stereocenters. The van der Waals surface area contributed by atoms with Crippen molar-refractivity contribution >= 4 is 5.69 Å². The van der Waals surface area contributed by atoms with Crippen LogP contribution in [0.3, 0.4) is 0 Å². The second-order valence-corrected chi connectivity index (χ2v) is 5.47. The number of anilines is 1. The summed E-state index contributed by atoms with van der Waals surface area (Å²) in [6.45, 7) is 9.32. The topological polar surface area (TPSA) is 24.5 Å². The number of benzene rings is 1. The van der Waals surface area contributed by atoms with Gasteiger partial charge in [-0.05, 0) is 44.4 Å². The largest absolute Gasteiger partial charge is 0.377 e. The van der Waals surface area contributed by atoms with Crippen molar-refractivity contribution in [1.29, 1.82) is 0 Å². The van der Waals surface area contributed by atoms with Crippen molar-refractivity contribution in [2.75, 3.05) is 31.1 Å². The van der Waals surface area contributed by atoms with Gasteiger partial charge in [0.2, 0.25) is 0 Å². The molecule has 1 atom stereocenters. The quantitative estimate of drug-likeness (QED) is 0.774. The minimum Gasteiger partial charge on any atom is -0.377 e. The van der Waals surface area contributed by atoms with Crippen molar-refractivity contribution in [2.45, 2.75) is 45.8 Å².